The van der Waals surface area contributed by atoms with Gasteiger partial charge in [0.25, 0.3) is 5.69 Å². The smallest absolute Gasteiger partial charge is 0.278 e. The first-order valence-corrected chi connectivity index (χ1v) is 6.47. The van der Waals surface area contributed by atoms with Gasteiger partial charge >= 0.3 is 0 Å². The molecule has 0 radical (unpaired) electrons. The second kappa shape index (κ2) is 5.63. The Balaban J connectivity index is 1.96. The summed E-state index contributed by atoms with van der Waals surface area (Å²) in [4.78, 5) is 14.9. The van der Waals surface area contributed by atoms with Crippen molar-refractivity contribution in [2.45, 2.75) is 39.3 Å². The molecule has 1 fully saturated rings. The van der Waals surface area contributed by atoms with Crippen LogP contribution in [-0.2, 0) is 6.54 Å². The molecule has 0 aliphatic heterocycles. The van der Waals surface area contributed by atoms with Gasteiger partial charge in [0.1, 0.15) is 0 Å². The molecular formula is C13H19N3O3. The van der Waals surface area contributed by atoms with Crippen LogP contribution in [0.3, 0.4) is 0 Å². The largest absolute Gasteiger partial charge is 0.393 e. The van der Waals surface area contributed by atoms with E-state index in [4.69, 9.17) is 0 Å². The van der Waals surface area contributed by atoms with E-state index in [1.54, 1.807) is 20.0 Å². The zero-order valence-corrected chi connectivity index (χ0v) is 11.2. The Morgan fingerprint density at radius 1 is 1.53 bits per heavy atom. The zero-order valence-electron chi connectivity index (χ0n) is 11.2. The first kappa shape index (κ1) is 13.9. The Morgan fingerprint density at radius 2 is 2.21 bits per heavy atom. The third kappa shape index (κ3) is 3.08. The SMILES string of the molecule is Cc1cnc(CNCC2CC(O)C2)c(C)c1[N+](=O)[O-]. The molecule has 1 aliphatic rings. The van der Waals surface area contributed by atoms with E-state index in [9.17, 15) is 15.2 Å². The molecule has 0 saturated heterocycles. The van der Waals surface area contributed by atoms with Crippen LogP contribution in [0.5, 0.6) is 0 Å². The number of aryl methyl sites for hydroxylation is 1. The van der Waals surface area contributed by atoms with E-state index in [1.807, 2.05) is 0 Å². The van der Waals surface area contributed by atoms with Crippen molar-refractivity contribution in [1.82, 2.24) is 10.3 Å². The summed E-state index contributed by atoms with van der Waals surface area (Å²) < 4.78 is 0. The molecule has 0 aromatic carbocycles. The molecule has 1 saturated carbocycles. The maximum atomic E-state index is 11.0. The maximum Gasteiger partial charge on any atom is 0.278 e. The first-order valence-electron chi connectivity index (χ1n) is 6.47. The summed E-state index contributed by atoms with van der Waals surface area (Å²) in [7, 11) is 0. The van der Waals surface area contributed by atoms with E-state index in [1.165, 1.54) is 0 Å². The van der Waals surface area contributed by atoms with E-state index in [0.29, 0.717) is 23.6 Å². The van der Waals surface area contributed by atoms with Crippen LogP contribution in [-0.4, -0.2) is 27.7 Å². The van der Waals surface area contributed by atoms with E-state index in [2.05, 4.69) is 10.3 Å². The minimum absolute atomic E-state index is 0.146. The summed E-state index contributed by atoms with van der Waals surface area (Å²) in [6.45, 7) is 4.78. The summed E-state index contributed by atoms with van der Waals surface area (Å²) in [5.74, 6) is 0.510. The van der Waals surface area contributed by atoms with E-state index in [0.717, 1.165) is 25.1 Å². The fourth-order valence-electron chi connectivity index (χ4n) is 2.49. The lowest BCUT2D eigenvalue weighted by Crippen LogP contribution is -2.36. The number of aromatic nitrogens is 1. The molecule has 0 atom stereocenters. The summed E-state index contributed by atoms with van der Waals surface area (Å²) in [5, 5.41) is 23.4. The molecule has 2 N–H and O–H groups in total. The molecule has 1 aromatic heterocycles. The summed E-state index contributed by atoms with van der Waals surface area (Å²) in [5.41, 5.74) is 2.10. The summed E-state index contributed by atoms with van der Waals surface area (Å²) in [6, 6.07) is 0. The number of aliphatic hydroxyl groups is 1. The van der Waals surface area contributed by atoms with Gasteiger partial charge in [-0.05, 0) is 39.2 Å². The highest BCUT2D eigenvalue weighted by molar-refractivity contribution is 5.47. The Labute approximate surface area is 112 Å². The molecule has 104 valence electrons. The van der Waals surface area contributed by atoms with Gasteiger partial charge in [0.2, 0.25) is 0 Å². The minimum atomic E-state index is -0.349. The molecular weight excluding hydrogens is 246 g/mol. The topological polar surface area (TPSA) is 88.3 Å². The Kier molecular flexibility index (Phi) is 4.11. The average molecular weight is 265 g/mol. The zero-order chi connectivity index (χ0) is 14.0. The quantitative estimate of drug-likeness (QED) is 0.621. The highest BCUT2D eigenvalue weighted by Crippen LogP contribution is 2.27. The molecule has 6 nitrogen and oxygen atoms in total. The highest BCUT2D eigenvalue weighted by Gasteiger charge is 2.26. The fourth-order valence-corrected chi connectivity index (χ4v) is 2.49. The molecule has 0 amide bonds. The molecule has 2 rings (SSSR count). The number of hydrogen-bond acceptors (Lipinski definition) is 5. The lowest BCUT2D eigenvalue weighted by molar-refractivity contribution is -0.386. The van der Waals surface area contributed by atoms with Crippen molar-refractivity contribution in [2.24, 2.45) is 5.92 Å². The van der Waals surface area contributed by atoms with Crippen molar-refractivity contribution < 1.29 is 10.0 Å². The highest BCUT2D eigenvalue weighted by atomic mass is 16.6. The van der Waals surface area contributed by atoms with Crippen molar-refractivity contribution in [3.8, 4) is 0 Å². The van der Waals surface area contributed by atoms with Crippen molar-refractivity contribution in [1.29, 1.82) is 0 Å². The van der Waals surface area contributed by atoms with Crippen LogP contribution in [0, 0.1) is 29.9 Å². The van der Waals surface area contributed by atoms with E-state index < -0.39 is 0 Å². The van der Waals surface area contributed by atoms with Crippen molar-refractivity contribution in [2.75, 3.05) is 6.54 Å². The van der Waals surface area contributed by atoms with E-state index >= 15 is 0 Å². The number of nitrogens with zero attached hydrogens (tertiary/aromatic N) is 2. The number of nitro groups is 1. The standard InChI is InChI=1S/C13H19N3O3/c1-8-5-15-12(9(2)13(8)16(18)19)7-14-6-10-3-11(17)4-10/h5,10-11,14,17H,3-4,6-7H2,1-2H3. The van der Waals surface area contributed by atoms with Crippen LogP contribution >= 0.6 is 0 Å². The van der Waals surface area contributed by atoms with Gasteiger partial charge in [-0.15, -0.1) is 0 Å². The van der Waals surface area contributed by atoms with Crippen molar-refractivity contribution in [3.05, 3.63) is 33.1 Å². The Morgan fingerprint density at radius 3 is 2.79 bits per heavy atom. The molecule has 0 bridgehead atoms. The number of nitrogens with one attached hydrogen (secondary N) is 1. The van der Waals surface area contributed by atoms with Crippen LogP contribution in [0.15, 0.2) is 6.20 Å². The summed E-state index contributed by atoms with van der Waals surface area (Å²) >= 11 is 0. The molecule has 1 aromatic rings. The molecule has 1 aliphatic carbocycles. The van der Waals surface area contributed by atoms with Gasteiger partial charge in [0.05, 0.1) is 16.7 Å². The Hall–Kier alpha value is -1.53. The molecule has 1 heterocycles. The fraction of sp³-hybridized carbons (Fsp3) is 0.615. The van der Waals surface area contributed by atoms with Gasteiger partial charge in [0, 0.05) is 23.9 Å². The normalized spacial score (nSPS) is 22.1. The van der Waals surface area contributed by atoms with Crippen molar-refractivity contribution in [3.63, 3.8) is 0 Å². The molecule has 0 spiro atoms. The second-order valence-electron chi connectivity index (χ2n) is 5.24. The van der Waals surface area contributed by atoms with Gasteiger partial charge in [0.15, 0.2) is 0 Å². The lowest BCUT2D eigenvalue weighted by Gasteiger charge is -2.31. The average Bonchev–Trinajstić information content (AvgIpc) is 2.29. The third-order valence-electron chi connectivity index (χ3n) is 3.69. The molecule has 6 heteroatoms. The molecule has 19 heavy (non-hydrogen) atoms. The summed E-state index contributed by atoms with van der Waals surface area (Å²) in [6.07, 6.45) is 3.09. The Bertz CT molecular complexity index is 484. The van der Waals surface area contributed by atoms with Gasteiger partial charge in [-0.1, -0.05) is 0 Å². The van der Waals surface area contributed by atoms with Crippen LogP contribution < -0.4 is 5.32 Å². The van der Waals surface area contributed by atoms with Crippen molar-refractivity contribution >= 4 is 5.69 Å². The second-order valence-corrected chi connectivity index (χ2v) is 5.24. The minimum Gasteiger partial charge on any atom is -0.393 e. The number of pyridine rings is 1. The predicted octanol–water partition coefficient (Wildman–Crippen LogP) is 1.47. The monoisotopic (exact) mass is 265 g/mol. The van der Waals surface area contributed by atoms with Gasteiger partial charge in [-0.2, -0.15) is 0 Å². The third-order valence-corrected chi connectivity index (χ3v) is 3.69. The van der Waals surface area contributed by atoms with Crippen LogP contribution in [0.25, 0.3) is 0 Å². The molecule has 0 unspecified atom stereocenters. The van der Waals surface area contributed by atoms with Gasteiger partial charge < -0.3 is 10.4 Å². The predicted molar refractivity (Wildman–Crippen MR) is 70.8 cm³/mol. The maximum absolute atomic E-state index is 11.0. The van der Waals surface area contributed by atoms with Gasteiger partial charge in [-0.25, -0.2) is 0 Å². The first-order chi connectivity index (χ1) is 8.99. The van der Waals surface area contributed by atoms with Crippen LogP contribution in [0.2, 0.25) is 0 Å². The number of rotatable bonds is 5. The lowest BCUT2D eigenvalue weighted by atomic mass is 9.82. The van der Waals surface area contributed by atoms with E-state index in [-0.39, 0.29) is 16.7 Å². The number of aliphatic hydroxyl groups excluding tert-OH is 1. The van der Waals surface area contributed by atoms with Gasteiger partial charge in [-0.3, -0.25) is 15.1 Å². The van der Waals surface area contributed by atoms with Crippen LogP contribution in [0.4, 0.5) is 5.69 Å². The van der Waals surface area contributed by atoms with Crippen LogP contribution in [0.1, 0.15) is 29.7 Å². The number of hydrogen-bond donors (Lipinski definition) is 2.